The van der Waals surface area contributed by atoms with Crippen LogP contribution in [0.25, 0.3) is 0 Å². The van der Waals surface area contributed by atoms with Crippen LogP contribution in [0.2, 0.25) is 5.15 Å². The van der Waals surface area contributed by atoms with Crippen LogP contribution in [0.4, 0.5) is 5.82 Å². The van der Waals surface area contributed by atoms with E-state index in [-0.39, 0.29) is 0 Å². The second-order valence-corrected chi connectivity index (χ2v) is 5.33. The number of nitrogens with one attached hydrogen (secondary N) is 1. The van der Waals surface area contributed by atoms with E-state index in [0.717, 1.165) is 32.0 Å². The molecule has 1 N–H and O–H groups in total. The molecule has 2 aromatic heterocycles. The molecule has 0 atom stereocenters. The molecule has 0 aliphatic carbocycles. The minimum Gasteiger partial charge on any atom is -0.488 e. The summed E-state index contributed by atoms with van der Waals surface area (Å²) in [6.45, 7) is 4.28. The molecule has 0 unspecified atom stereocenters. The predicted octanol–water partition coefficient (Wildman–Crippen LogP) is 1.39. The fourth-order valence-electron chi connectivity index (χ4n) is 2.27. The van der Waals surface area contributed by atoms with Crippen molar-refractivity contribution in [3.8, 4) is 11.6 Å². The first-order valence-corrected chi connectivity index (χ1v) is 7.84. The Balaban J connectivity index is 1.59. The smallest absolute Gasteiger partial charge is 0.259 e. The summed E-state index contributed by atoms with van der Waals surface area (Å²) in [5.41, 5.74) is 0. The Kier molecular flexibility index (Phi) is 5.44. The largest absolute Gasteiger partial charge is 0.488 e. The van der Waals surface area contributed by atoms with Crippen molar-refractivity contribution in [3.05, 3.63) is 35.9 Å². The summed E-state index contributed by atoms with van der Waals surface area (Å²) >= 11 is 5.94. The number of pyridine rings is 1. The maximum Gasteiger partial charge on any atom is 0.259 e. The standard InChI is InChI=1S/C15H18ClN5O2/c16-13-11-19-14(21-6-4-17-5-7-21)15(20-13)23-9-8-22-12-2-1-3-18-10-12/h1-3,10-11,17H,4-9H2. The number of halogens is 1. The third-order valence-corrected chi connectivity index (χ3v) is 3.52. The van der Waals surface area contributed by atoms with Crippen LogP contribution < -0.4 is 19.7 Å². The molecule has 1 aliphatic rings. The quantitative estimate of drug-likeness (QED) is 0.800. The van der Waals surface area contributed by atoms with Crippen molar-refractivity contribution in [2.75, 3.05) is 44.3 Å². The first kappa shape index (κ1) is 15.8. The van der Waals surface area contributed by atoms with Crippen LogP contribution in [0.15, 0.2) is 30.7 Å². The maximum atomic E-state index is 5.94. The summed E-state index contributed by atoms with van der Waals surface area (Å²) in [7, 11) is 0. The molecule has 0 saturated carbocycles. The van der Waals surface area contributed by atoms with E-state index < -0.39 is 0 Å². The molecule has 3 rings (SSSR count). The van der Waals surface area contributed by atoms with Crippen LogP contribution in [-0.2, 0) is 0 Å². The third kappa shape index (κ3) is 4.43. The minimum absolute atomic E-state index is 0.312. The second-order valence-electron chi connectivity index (χ2n) is 4.94. The molecule has 1 fully saturated rings. The molecular weight excluding hydrogens is 318 g/mol. The Morgan fingerprint density at radius 2 is 2.00 bits per heavy atom. The van der Waals surface area contributed by atoms with Gasteiger partial charge in [0.1, 0.15) is 19.0 Å². The molecule has 1 aliphatic heterocycles. The molecule has 23 heavy (non-hydrogen) atoms. The summed E-state index contributed by atoms with van der Waals surface area (Å²) in [5, 5.41) is 3.62. The summed E-state index contributed by atoms with van der Waals surface area (Å²) in [6.07, 6.45) is 4.90. The SMILES string of the molecule is Clc1cnc(N2CCNCC2)c(OCCOc2cccnc2)n1. The van der Waals surface area contributed by atoms with Crippen molar-refractivity contribution < 1.29 is 9.47 Å². The number of anilines is 1. The molecule has 1 saturated heterocycles. The van der Waals surface area contributed by atoms with E-state index >= 15 is 0 Å². The Hall–Kier alpha value is -2.12. The lowest BCUT2D eigenvalue weighted by atomic mass is 10.3. The number of aromatic nitrogens is 3. The number of hydrogen-bond donors (Lipinski definition) is 1. The highest BCUT2D eigenvalue weighted by Gasteiger charge is 2.18. The first-order valence-electron chi connectivity index (χ1n) is 7.47. The van der Waals surface area contributed by atoms with E-state index in [9.17, 15) is 0 Å². The lowest BCUT2D eigenvalue weighted by molar-refractivity contribution is 0.211. The maximum absolute atomic E-state index is 5.94. The fraction of sp³-hybridized carbons (Fsp3) is 0.400. The highest BCUT2D eigenvalue weighted by molar-refractivity contribution is 6.29. The molecule has 2 aromatic rings. The normalized spacial score (nSPS) is 14.6. The zero-order valence-corrected chi connectivity index (χ0v) is 13.4. The summed E-state index contributed by atoms with van der Waals surface area (Å²) in [6, 6.07) is 3.67. The van der Waals surface area contributed by atoms with Crippen molar-refractivity contribution in [2.45, 2.75) is 0 Å². The van der Waals surface area contributed by atoms with E-state index in [4.69, 9.17) is 21.1 Å². The molecule has 8 heteroatoms. The number of ether oxygens (including phenoxy) is 2. The molecule has 0 spiro atoms. The number of nitrogens with zero attached hydrogens (tertiary/aromatic N) is 4. The van der Waals surface area contributed by atoms with Gasteiger partial charge in [-0.3, -0.25) is 4.98 Å². The lowest BCUT2D eigenvalue weighted by Crippen LogP contribution is -2.44. The predicted molar refractivity (Wildman–Crippen MR) is 87.4 cm³/mol. The van der Waals surface area contributed by atoms with Crippen LogP contribution in [0.5, 0.6) is 11.6 Å². The van der Waals surface area contributed by atoms with E-state index in [1.54, 1.807) is 12.4 Å². The van der Waals surface area contributed by atoms with E-state index in [1.165, 1.54) is 6.20 Å². The van der Waals surface area contributed by atoms with Gasteiger partial charge in [-0.15, -0.1) is 0 Å². The number of rotatable bonds is 6. The van der Waals surface area contributed by atoms with Crippen molar-refractivity contribution in [1.29, 1.82) is 0 Å². The molecule has 122 valence electrons. The van der Waals surface area contributed by atoms with Gasteiger partial charge >= 0.3 is 0 Å². The molecule has 0 bridgehead atoms. The van der Waals surface area contributed by atoms with Gasteiger partial charge in [-0.1, -0.05) is 11.6 Å². The Bertz CT molecular complexity index is 623. The second kappa shape index (κ2) is 7.94. The van der Waals surface area contributed by atoms with Crippen molar-refractivity contribution in [1.82, 2.24) is 20.3 Å². The van der Waals surface area contributed by atoms with Crippen LogP contribution in [0.3, 0.4) is 0 Å². The van der Waals surface area contributed by atoms with Gasteiger partial charge < -0.3 is 19.7 Å². The van der Waals surface area contributed by atoms with Crippen LogP contribution in [0, 0.1) is 0 Å². The molecular formula is C15H18ClN5O2. The van der Waals surface area contributed by atoms with Crippen LogP contribution in [-0.4, -0.2) is 54.3 Å². The van der Waals surface area contributed by atoms with Gasteiger partial charge in [0.2, 0.25) is 0 Å². The molecule has 0 aromatic carbocycles. The fourth-order valence-corrected chi connectivity index (χ4v) is 2.39. The highest BCUT2D eigenvalue weighted by Crippen LogP contribution is 2.25. The van der Waals surface area contributed by atoms with Gasteiger partial charge in [0.25, 0.3) is 5.88 Å². The van der Waals surface area contributed by atoms with Crippen LogP contribution in [0.1, 0.15) is 0 Å². The van der Waals surface area contributed by atoms with E-state index in [0.29, 0.717) is 30.0 Å². The van der Waals surface area contributed by atoms with Gasteiger partial charge in [0.05, 0.1) is 12.4 Å². The third-order valence-electron chi connectivity index (χ3n) is 3.33. The summed E-state index contributed by atoms with van der Waals surface area (Å²) < 4.78 is 11.3. The van der Waals surface area contributed by atoms with E-state index in [2.05, 4.69) is 25.2 Å². The average molecular weight is 336 g/mol. The van der Waals surface area contributed by atoms with Gasteiger partial charge in [-0.2, -0.15) is 4.98 Å². The molecule has 0 radical (unpaired) electrons. The average Bonchev–Trinajstić information content (AvgIpc) is 2.60. The van der Waals surface area contributed by atoms with Gasteiger partial charge in [0, 0.05) is 32.4 Å². The van der Waals surface area contributed by atoms with Gasteiger partial charge in [-0.25, -0.2) is 4.98 Å². The Labute approximate surface area is 139 Å². The van der Waals surface area contributed by atoms with E-state index in [1.807, 2.05) is 12.1 Å². The summed E-state index contributed by atoms with van der Waals surface area (Å²) in [5.74, 6) is 1.86. The molecule has 3 heterocycles. The van der Waals surface area contributed by atoms with Gasteiger partial charge in [0.15, 0.2) is 11.0 Å². The van der Waals surface area contributed by atoms with Crippen molar-refractivity contribution in [2.24, 2.45) is 0 Å². The Morgan fingerprint density at radius 3 is 2.78 bits per heavy atom. The topological polar surface area (TPSA) is 72.4 Å². The van der Waals surface area contributed by atoms with Gasteiger partial charge in [-0.05, 0) is 12.1 Å². The first-order chi connectivity index (χ1) is 11.3. The van der Waals surface area contributed by atoms with Crippen molar-refractivity contribution in [3.63, 3.8) is 0 Å². The Morgan fingerprint density at radius 1 is 1.17 bits per heavy atom. The lowest BCUT2D eigenvalue weighted by Gasteiger charge is -2.29. The molecule has 7 nitrogen and oxygen atoms in total. The minimum atomic E-state index is 0.312. The van der Waals surface area contributed by atoms with Crippen molar-refractivity contribution >= 4 is 17.4 Å². The molecule has 0 amide bonds. The summed E-state index contributed by atoms with van der Waals surface area (Å²) in [4.78, 5) is 14.7. The monoisotopic (exact) mass is 335 g/mol. The van der Waals surface area contributed by atoms with Crippen LogP contribution >= 0.6 is 11.6 Å². The zero-order chi connectivity index (χ0) is 15.9. The highest BCUT2D eigenvalue weighted by atomic mass is 35.5. The number of piperazine rings is 1. The number of hydrogen-bond acceptors (Lipinski definition) is 7. The zero-order valence-electron chi connectivity index (χ0n) is 12.6.